The molecule has 0 spiro atoms. The molecule has 1 N–H and O–H groups in total. The predicted molar refractivity (Wildman–Crippen MR) is 112 cm³/mol. The smallest absolute Gasteiger partial charge is 0.262 e. The van der Waals surface area contributed by atoms with E-state index in [0.29, 0.717) is 29.5 Å². The van der Waals surface area contributed by atoms with Gasteiger partial charge in [-0.3, -0.25) is 4.79 Å². The summed E-state index contributed by atoms with van der Waals surface area (Å²) >= 11 is 12.1. The Morgan fingerprint density at radius 2 is 1.79 bits per heavy atom. The number of nitrogens with zero attached hydrogens (tertiary/aromatic N) is 1. The molecule has 1 aliphatic rings. The van der Waals surface area contributed by atoms with Gasteiger partial charge in [-0.05, 0) is 49.2 Å². The fourth-order valence-electron chi connectivity index (χ4n) is 2.94. The minimum Gasteiger partial charge on any atom is -0.495 e. The number of carbonyl (C=O) groups excluding carboxylic acids is 1. The maximum absolute atomic E-state index is 12.6. The highest BCUT2D eigenvalue weighted by atomic mass is 35.5. The second-order valence-electron chi connectivity index (χ2n) is 6.38. The first-order valence-corrected chi connectivity index (χ1v) is 11.1. The Kier molecular flexibility index (Phi) is 6.89. The van der Waals surface area contributed by atoms with Gasteiger partial charge in [0.25, 0.3) is 5.91 Å². The van der Waals surface area contributed by atoms with Crippen LogP contribution in [0.2, 0.25) is 10.0 Å². The highest BCUT2D eigenvalue weighted by molar-refractivity contribution is 7.89. The topological polar surface area (TPSA) is 84.9 Å². The monoisotopic (exact) mass is 458 g/mol. The molecule has 1 aliphatic heterocycles. The molecule has 0 saturated carbocycles. The maximum atomic E-state index is 12.6. The summed E-state index contributed by atoms with van der Waals surface area (Å²) in [5.41, 5.74) is 0.409. The molecule has 0 radical (unpaired) electrons. The number of methoxy groups -OCH3 is 1. The third-order valence-electron chi connectivity index (χ3n) is 4.40. The number of rotatable bonds is 7. The number of carbonyl (C=O) groups is 1. The molecule has 10 heteroatoms. The lowest BCUT2D eigenvalue weighted by molar-refractivity contribution is -0.118. The van der Waals surface area contributed by atoms with E-state index in [2.05, 4.69) is 5.32 Å². The summed E-state index contributed by atoms with van der Waals surface area (Å²) in [7, 11) is -2.09. The van der Waals surface area contributed by atoms with Crippen LogP contribution in [0.3, 0.4) is 0 Å². The highest BCUT2D eigenvalue weighted by Crippen LogP contribution is 2.30. The van der Waals surface area contributed by atoms with Crippen LogP contribution in [-0.2, 0) is 14.8 Å². The summed E-state index contributed by atoms with van der Waals surface area (Å²) in [6.07, 6.45) is 1.70. The summed E-state index contributed by atoms with van der Waals surface area (Å²) in [6, 6.07) is 9.04. The number of amides is 1. The standard InChI is InChI=1S/C19H20Cl2N2O5S/c1-27-18-6-4-13(20)10-16(18)22-19(24)12-28-17-7-5-14(11-15(17)21)29(25,26)23-8-2-3-9-23/h4-7,10-11H,2-3,8-9,12H2,1H3,(H,22,24). The molecule has 156 valence electrons. The van der Waals surface area contributed by atoms with Gasteiger partial charge in [0.1, 0.15) is 11.5 Å². The number of hydrogen-bond acceptors (Lipinski definition) is 5. The van der Waals surface area contributed by atoms with Crippen molar-refractivity contribution in [2.75, 3.05) is 32.1 Å². The van der Waals surface area contributed by atoms with Crippen molar-refractivity contribution >= 4 is 44.8 Å². The molecule has 1 amide bonds. The number of halogens is 2. The summed E-state index contributed by atoms with van der Waals surface area (Å²) in [5.74, 6) is 0.216. The van der Waals surface area contributed by atoms with E-state index in [0.717, 1.165) is 12.8 Å². The SMILES string of the molecule is COc1ccc(Cl)cc1NC(=O)COc1ccc(S(=O)(=O)N2CCCC2)cc1Cl. The zero-order valence-electron chi connectivity index (χ0n) is 15.7. The van der Waals surface area contributed by atoms with E-state index in [4.69, 9.17) is 32.7 Å². The number of nitrogens with one attached hydrogen (secondary N) is 1. The minimum absolute atomic E-state index is 0.102. The van der Waals surface area contributed by atoms with Crippen molar-refractivity contribution in [1.82, 2.24) is 4.31 Å². The number of benzene rings is 2. The van der Waals surface area contributed by atoms with Crippen molar-refractivity contribution in [2.45, 2.75) is 17.7 Å². The molecule has 0 aliphatic carbocycles. The van der Waals surface area contributed by atoms with Crippen molar-refractivity contribution in [2.24, 2.45) is 0 Å². The molecule has 3 rings (SSSR count). The molecule has 1 saturated heterocycles. The summed E-state index contributed by atoms with van der Waals surface area (Å²) < 4.78 is 37.2. The van der Waals surface area contributed by atoms with Crippen LogP contribution in [-0.4, -0.2) is 45.4 Å². The lowest BCUT2D eigenvalue weighted by Crippen LogP contribution is -2.27. The lowest BCUT2D eigenvalue weighted by atomic mass is 10.3. The number of sulfonamides is 1. The maximum Gasteiger partial charge on any atom is 0.262 e. The Morgan fingerprint density at radius 3 is 2.45 bits per heavy atom. The summed E-state index contributed by atoms with van der Waals surface area (Å²) in [4.78, 5) is 12.3. The Balaban J connectivity index is 1.65. The minimum atomic E-state index is -3.57. The van der Waals surface area contributed by atoms with Crippen LogP contribution in [0.5, 0.6) is 11.5 Å². The van der Waals surface area contributed by atoms with Gasteiger partial charge in [0.15, 0.2) is 6.61 Å². The van der Waals surface area contributed by atoms with Gasteiger partial charge in [-0.2, -0.15) is 4.31 Å². The predicted octanol–water partition coefficient (Wildman–Crippen LogP) is 3.80. The summed E-state index contributed by atoms with van der Waals surface area (Å²) in [5, 5.41) is 3.20. The van der Waals surface area contributed by atoms with Crippen LogP contribution in [0.25, 0.3) is 0 Å². The van der Waals surface area contributed by atoms with Crippen molar-refractivity contribution in [3.8, 4) is 11.5 Å². The third-order valence-corrected chi connectivity index (χ3v) is 6.83. The second-order valence-corrected chi connectivity index (χ2v) is 9.17. The summed E-state index contributed by atoms with van der Waals surface area (Å²) in [6.45, 7) is 0.685. The molecule has 2 aromatic carbocycles. The van der Waals surface area contributed by atoms with E-state index in [-0.39, 0.29) is 22.3 Å². The lowest BCUT2D eigenvalue weighted by Gasteiger charge is -2.16. The van der Waals surface area contributed by atoms with Gasteiger partial charge in [-0.1, -0.05) is 23.2 Å². The molecule has 0 atom stereocenters. The average Bonchev–Trinajstić information content (AvgIpc) is 3.23. The van der Waals surface area contributed by atoms with Crippen LogP contribution < -0.4 is 14.8 Å². The molecule has 29 heavy (non-hydrogen) atoms. The zero-order chi connectivity index (χ0) is 21.0. The van der Waals surface area contributed by atoms with E-state index in [1.54, 1.807) is 18.2 Å². The normalized spacial score (nSPS) is 14.6. The van der Waals surface area contributed by atoms with E-state index in [9.17, 15) is 13.2 Å². The van der Waals surface area contributed by atoms with Gasteiger partial charge in [0.05, 0.1) is 22.7 Å². The fraction of sp³-hybridized carbons (Fsp3) is 0.316. The molecular formula is C19H20Cl2N2O5S. The van der Waals surface area contributed by atoms with Crippen molar-refractivity contribution < 1.29 is 22.7 Å². The van der Waals surface area contributed by atoms with Crippen molar-refractivity contribution in [1.29, 1.82) is 0 Å². The molecule has 1 heterocycles. The van der Waals surface area contributed by atoms with E-state index in [1.165, 1.54) is 29.6 Å². The van der Waals surface area contributed by atoms with Crippen LogP contribution >= 0.6 is 23.2 Å². The van der Waals surface area contributed by atoms with Crippen molar-refractivity contribution in [3.05, 3.63) is 46.4 Å². The first-order valence-electron chi connectivity index (χ1n) is 8.87. The largest absolute Gasteiger partial charge is 0.495 e. The van der Waals surface area contributed by atoms with Gasteiger partial charge in [0, 0.05) is 18.1 Å². The van der Waals surface area contributed by atoms with Gasteiger partial charge in [0.2, 0.25) is 10.0 Å². The van der Waals surface area contributed by atoms with E-state index < -0.39 is 15.9 Å². The number of anilines is 1. The zero-order valence-corrected chi connectivity index (χ0v) is 18.0. The molecule has 2 aromatic rings. The van der Waals surface area contributed by atoms with Gasteiger partial charge >= 0.3 is 0 Å². The van der Waals surface area contributed by atoms with Crippen molar-refractivity contribution in [3.63, 3.8) is 0 Å². The molecule has 0 aromatic heterocycles. The molecule has 7 nitrogen and oxygen atoms in total. The van der Waals surface area contributed by atoms with Crippen LogP contribution in [0.4, 0.5) is 5.69 Å². The average molecular weight is 459 g/mol. The Hall–Kier alpha value is -2.00. The van der Waals surface area contributed by atoms with Gasteiger partial charge < -0.3 is 14.8 Å². The van der Waals surface area contributed by atoms with Crippen LogP contribution in [0, 0.1) is 0 Å². The van der Waals surface area contributed by atoms with Gasteiger partial charge in [-0.25, -0.2) is 8.42 Å². The first kappa shape index (κ1) is 21.7. The Morgan fingerprint density at radius 1 is 1.10 bits per heavy atom. The number of hydrogen-bond donors (Lipinski definition) is 1. The van der Waals surface area contributed by atoms with Crippen LogP contribution in [0.1, 0.15) is 12.8 Å². The molecular weight excluding hydrogens is 439 g/mol. The molecule has 1 fully saturated rings. The second kappa shape index (κ2) is 9.21. The molecule has 0 unspecified atom stereocenters. The fourth-order valence-corrected chi connectivity index (χ4v) is 4.96. The van der Waals surface area contributed by atoms with Gasteiger partial charge in [-0.15, -0.1) is 0 Å². The van der Waals surface area contributed by atoms with E-state index >= 15 is 0 Å². The first-order chi connectivity index (χ1) is 13.8. The van der Waals surface area contributed by atoms with E-state index in [1.807, 2.05) is 0 Å². The third kappa shape index (κ3) is 5.14. The number of ether oxygens (including phenoxy) is 2. The van der Waals surface area contributed by atoms with Crippen LogP contribution in [0.15, 0.2) is 41.3 Å². The molecule has 0 bridgehead atoms. The Bertz CT molecular complexity index is 1010. The quantitative estimate of drug-likeness (QED) is 0.681. The Labute approximate surface area is 179 Å². The highest BCUT2D eigenvalue weighted by Gasteiger charge is 2.27.